The first-order valence-electron chi connectivity index (χ1n) is 43.4. The predicted octanol–water partition coefficient (Wildman–Crippen LogP) is 30.4. The van der Waals surface area contributed by atoms with Crippen molar-refractivity contribution in [1.82, 2.24) is 0 Å². The molecule has 2 amide bonds. The third-order valence-electron chi connectivity index (χ3n) is 23.7. The minimum Gasteiger partial charge on any atom is -0.485 e. The summed E-state index contributed by atoms with van der Waals surface area (Å²) in [6.07, 6.45) is 51.8. The lowest BCUT2D eigenvalue weighted by Gasteiger charge is -2.25. The Hall–Kier alpha value is -4.18. The van der Waals surface area contributed by atoms with E-state index < -0.39 is 0 Å². The summed E-state index contributed by atoms with van der Waals surface area (Å²) >= 11 is 11.1. The average molecular weight is 1560 g/mol. The van der Waals surface area contributed by atoms with Gasteiger partial charge in [-0.1, -0.05) is 287 Å². The van der Waals surface area contributed by atoms with Crippen LogP contribution in [0.2, 0.25) is 0 Å². The smallest absolute Gasteiger partial charge is 0.260 e. The number of ether oxygens (including phenoxy) is 4. The van der Waals surface area contributed by atoms with E-state index in [0.717, 1.165) is 100 Å². The quantitative estimate of drug-likeness (QED) is 0.0279. The van der Waals surface area contributed by atoms with Crippen molar-refractivity contribution in [2.75, 3.05) is 49.3 Å². The molecule has 1 aromatic carbocycles. The van der Waals surface area contributed by atoms with Gasteiger partial charge in [0, 0.05) is 63.9 Å². The molecule has 8 nitrogen and oxygen atoms in total. The van der Waals surface area contributed by atoms with Gasteiger partial charge in [-0.25, -0.2) is 0 Å². The maximum Gasteiger partial charge on any atom is 0.260 e. The highest BCUT2D eigenvalue weighted by atomic mass is 32.1. The van der Waals surface area contributed by atoms with Gasteiger partial charge in [0.1, 0.15) is 26.4 Å². The lowest BCUT2D eigenvalue weighted by molar-refractivity contribution is -0.114. The number of hydrogen-bond acceptors (Lipinski definition) is 12. The number of rotatable bonds is 51. The molecule has 0 radical (unpaired) electrons. The zero-order valence-electron chi connectivity index (χ0n) is 67.4. The molecule has 0 fully saturated rings. The van der Waals surface area contributed by atoms with Crippen molar-refractivity contribution in [3.8, 4) is 53.6 Å². The largest absolute Gasteiger partial charge is 0.485 e. The normalized spacial score (nSPS) is 16.1. The molecule has 0 N–H and O–H groups in total. The highest BCUT2D eigenvalue weighted by Crippen LogP contribution is 2.62. The average Bonchev–Trinajstić information content (AvgIpc) is 1.55. The summed E-state index contributed by atoms with van der Waals surface area (Å²) in [5.74, 6) is 5.65. The van der Waals surface area contributed by atoms with Crippen molar-refractivity contribution >= 4 is 123 Å². The monoisotopic (exact) mass is 1550 g/mol. The van der Waals surface area contributed by atoms with Crippen molar-refractivity contribution in [3.63, 3.8) is 0 Å². The third-order valence-corrected chi connectivity index (χ3v) is 30.7. The summed E-state index contributed by atoms with van der Waals surface area (Å²) in [6.45, 7) is 26.6. The molecular weight excluding hydrogens is 1420 g/mol. The first-order valence-corrected chi connectivity index (χ1v) is 48.3. The Morgan fingerprint density at radius 3 is 1.09 bits per heavy atom. The highest BCUT2D eigenvalue weighted by Gasteiger charge is 2.46. The summed E-state index contributed by atoms with van der Waals surface area (Å²) in [7, 11) is 0. The zero-order valence-corrected chi connectivity index (χ0v) is 72.3. The fourth-order valence-corrected chi connectivity index (χ4v) is 25.0. The van der Waals surface area contributed by atoms with Crippen LogP contribution in [0.1, 0.15) is 341 Å². The second kappa shape index (κ2) is 42.5. The van der Waals surface area contributed by atoms with E-state index in [2.05, 4.69) is 103 Å². The second-order valence-corrected chi connectivity index (χ2v) is 39.0. The Morgan fingerprint density at radius 2 is 0.679 bits per heavy atom. The van der Waals surface area contributed by atoms with Crippen LogP contribution in [-0.4, -0.2) is 51.3 Å². The van der Waals surface area contributed by atoms with Crippen LogP contribution in [-0.2, 0) is 22.4 Å². The number of hydrogen-bond donors (Lipinski definition) is 0. The van der Waals surface area contributed by atoms with Crippen molar-refractivity contribution < 1.29 is 28.5 Å². The van der Waals surface area contributed by atoms with Gasteiger partial charge in [-0.15, -0.1) is 68.0 Å². The fourth-order valence-electron chi connectivity index (χ4n) is 17.5. The number of amides is 2. The second-order valence-electron chi connectivity index (χ2n) is 32.2. The summed E-state index contributed by atoms with van der Waals surface area (Å²) in [5.41, 5.74) is 5.78. The minimum atomic E-state index is 0.0268. The van der Waals surface area contributed by atoms with Crippen LogP contribution in [0.5, 0.6) is 23.0 Å². The summed E-state index contributed by atoms with van der Waals surface area (Å²) < 4.78 is 29.9. The number of benzene rings is 1. The van der Waals surface area contributed by atoms with Crippen LogP contribution in [0.3, 0.4) is 0 Å². The zero-order chi connectivity index (χ0) is 74.3. The molecular formula is C92H134N2O6S6. The molecule has 584 valence electrons. The molecule has 0 saturated heterocycles. The molecule has 11 rings (SSSR count). The van der Waals surface area contributed by atoms with E-state index in [1.165, 1.54) is 284 Å². The van der Waals surface area contributed by atoms with Crippen LogP contribution >= 0.6 is 68.0 Å². The molecule has 4 unspecified atom stereocenters. The predicted molar refractivity (Wildman–Crippen MR) is 466 cm³/mol. The Bertz CT molecular complexity index is 3790. The summed E-state index contributed by atoms with van der Waals surface area (Å²) in [4.78, 5) is 48.7. The van der Waals surface area contributed by atoms with Gasteiger partial charge in [-0.2, -0.15) is 0 Å². The summed E-state index contributed by atoms with van der Waals surface area (Å²) in [5, 5.41) is 2.47. The molecule has 14 heteroatoms. The maximum atomic E-state index is 16.4. The molecule has 0 aliphatic carbocycles. The number of anilines is 2. The van der Waals surface area contributed by atoms with Crippen molar-refractivity contribution in [3.05, 3.63) is 53.5 Å². The number of aryl methyl sites for hydroxylation is 2. The van der Waals surface area contributed by atoms with E-state index in [1.807, 2.05) is 45.3 Å². The molecule has 4 aliphatic heterocycles. The third kappa shape index (κ3) is 20.5. The first kappa shape index (κ1) is 82.8. The van der Waals surface area contributed by atoms with E-state index in [-0.39, 0.29) is 11.8 Å². The van der Waals surface area contributed by atoms with Gasteiger partial charge in [-0.3, -0.25) is 9.59 Å². The molecule has 0 saturated carbocycles. The molecule has 4 atom stereocenters. The van der Waals surface area contributed by atoms with E-state index in [9.17, 15) is 0 Å². The van der Waals surface area contributed by atoms with Gasteiger partial charge >= 0.3 is 0 Å². The number of nitrogens with zero attached hydrogens (tertiary/aromatic N) is 2. The molecule has 7 aromatic rings. The van der Waals surface area contributed by atoms with Crippen LogP contribution in [0.4, 0.5) is 11.4 Å². The standard InChI is InChI=1S/C92H134N2O6S6/c1-11-19-25-29-33-35-39-43-49-67(47-41-37-31-27-21-13-3)61-93-71-56-64(10)102-87(71)79(91(93)95)80-88-72(94(92(80)96)62-68(48-42-38-32-28-22-14-4)50-44-40-36-34-30-26-20-12-2)60-74(104-88)73-59-70-78(90-84-82(98-52-54-100-84)76(106-90)58-66(18-8)46-24-16-6)85-69(55-63(9)101-85)77(86(70)103-73)89-83-81(97-51-53-99-83)75(105-89)57-65(17-7)45-23-15-5/h55-56,59-60,65-68H,11-54,57-58,61-62H2,1-10H3/b80-79+. The van der Waals surface area contributed by atoms with E-state index in [1.54, 1.807) is 22.7 Å². The lowest BCUT2D eigenvalue weighted by Crippen LogP contribution is -2.34. The molecule has 0 spiro atoms. The molecule has 0 bridgehead atoms. The molecule has 6 aromatic heterocycles. The SMILES string of the molecule is CCCCCCCCCCC(CCCCCCCC)CN1C(=O)/C(=C2/C(=O)N(CC(CCCCCCCC)CCCCCCCCCC)c3cc(-c4cc5c(-c6sc(CC(CC)CCCC)c7c6OCCO7)c6sc(C)cc6c(-c6sc(CC(CC)CCCC)c7c6OCCO7)c5s4)sc32)c2sc(C)cc21. The Balaban J connectivity index is 1.06. The molecule has 10 heterocycles. The Labute approximate surface area is 665 Å². The Kier molecular flexibility index (Phi) is 33.2. The first-order chi connectivity index (χ1) is 52.0. The van der Waals surface area contributed by atoms with Crippen LogP contribution in [0, 0.1) is 37.5 Å². The molecule has 106 heavy (non-hydrogen) atoms. The summed E-state index contributed by atoms with van der Waals surface area (Å²) in [6, 6.07) is 9.63. The lowest BCUT2D eigenvalue weighted by atomic mass is 9.93. The number of unbranched alkanes of at least 4 members (excludes halogenated alkanes) is 26. The molecule has 4 aliphatic rings. The van der Waals surface area contributed by atoms with E-state index in [0.29, 0.717) is 74.3 Å². The highest BCUT2D eigenvalue weighted by molar-refractivity contribution is 7.28. The number of carbonyl (C=O) groups excluding carboxylic acids is 2. The minimum absolute atomic E-state index is 0.0268. The van der Waals surface area contributed by atoms with Crippen molar-refractivity contribution in [2.45, 2.75) is 339 Å². The van der Waals surface area contributed by atoms with Crippen LogP contribution in [0.25, 0.3) is 62.0 Å². The van der Waals surface area contributed by atoms with E-state index in [4.69, 9.17) is 18.9 Å². The van der Waals surface area contributed by atoms with Crippen molar-refractivity contribution in [2.24, 2.45) is 23.7 Å². The topological polar surface area (TPSA) is 77.5 Å². The van der Waals surface area contributed by atoms with Crippen LogP contribution < -0.4 is 28.7 Å². The van der Waals surface area contributed by atoms with Crippen molar-refractivity contribution in [1.29, 1.82) is 0 Å². The van der Waals surface area contributed by atoms with Crippen LogP contribution in [0.15, 0.2) is 24.3 Å². The number of thiophene rings is 6. The number of carbonyl (C=O) groups is 2. The van der Waals surface area contributed by atoms with E-state index >= 15 is 9.59 Å². The maximum absolute atomic E-state index is 16.4. The number of fused-ring (bicyclic) bond motifs is 6. The van der Waals surface area contributed by atoms with Gasteiger partial charge < -0.3 is 28.7 Å². The Morgan fingerprint density at radius 1 is 0.340 bits per heavy atom. The van der Waals surface area contributed by atoms with Gasteiger partial charge in [0.15, 0.2) is 23.0 Å². The van der Waals surface area contributed by atoms with Gasteiger partial charge in [0.05, 0.1) is 51.8 Å². The fraction of sp³-hybridized carbons (Fsp3) is 0.674. The van der Waals surface area contributed by atoms with Gasteiger partial charge in [-0.05, 0) is 100 Å². The van der Waals surface area contributed by atoms with Gasteiger partial charge in [0.25, 0.3) is 11.8 Å². The van der Waals surface area contributed by atoms with Gasteiger partial charge in [0.2, 0.25) is 0 Å².